The van der Waals surface area contributed by atoms with Crippen LogP contribution in [0.15, 0.2) is 30.3 Å². The summed E-state index contributed by atoms with van der Waals surface area (Å²) in [5.41, 5.74) is 0.868. The summed E-state index contributed by atoms with van der Waals surface area (Å²) < 4.78 is 0. The Balaban J connectivity index is 1.85. The Morgan fingerprint density at radius 3 is 2.52 bits per heavy atom. The zero-order chi connectivity index (χ0) is 14.7. The van der Waals surface area contributed by atoms with Gasteiger partial charge in [-0.25, -0.2) is 0 Å². The van der Waals surface area contributed by atoms with Crippen LogP contribution >= 0.6 is 11.8 Å². The molecule has 1 unspecified atom stereocenters. The van der Waals surface area contributed by atoms with Crippen LogP contribution in [0.3, 0.4) is 0 Å². The maximum Gasteiger partial charge on any atom is 0.250 e. The molecule has 0 radical (unpaired) electrons. The highest BCUT2D eigenvalue weighted by Gasteiger charge is 2.35. The van der Waals surface area contributed by atoms with Gasteiger partial charge in [0.05, 0.1) is 0 Å². The smallest absolute Gasteiger partial charge is 0.250 e. The third-order valence-corrected chi connectivity index (χ3v) is 5.23. The average Bonchev–Trinajstić information content (AvgIpc) is 2.68. The molecule has 3 rings (SSSR count). The van der Waals surface area contributed by atoms with Crippen molar-refractivity contribution in [2.45, 2.75) is 31.3 Å². The van der Waals surface area contributed by atoms with E-state index in [1.165, 1.54) is 0 Å². The van der Waals surface area contributed by atoms with E-state index in [1.807, 2.05) is 47.0 Å². The minimum atomic E-state index is -0.532. The Labute approximate surface area is 129 Å². The van der Waals surface area contributed by atoms with Gasteiger partial charge in [-0.1, -0.05) is 30.3 Å². The van der Waals surface area contributed by atoms with E-state index in [4.69, 9.17) is 0 Å². The summed E-state index contributed by atoms with van der Waals surface area (Å²) in [5.74, 6) is 2.21. The van der Waals surface area contributed by atoms with Crippen LogP contribution in [0.5, 0.6) is 0 Å². The molecule has 112 valence electrons. The van der Waals surface area contributed by atoms with E-state index >= 15 is 0 Å². The summed E-state index contributed by atoms with van der Waals surface area (Å²) in [4.78, 5) is 26.8. The van der Waals surface area contributed by atoms with Gasteiger partial charge >= 0.3 is 0 Å². The molecule has 0 bridgehead atoms. The fraction of sp³-hybridized carbons (Fsp3) is 0.500. The van der Waals surface area contributed by atoms with Gasteiger partial charge in [0.15, 0.2) is 0 Å². The van der Waals surface area contributed by atoms with Crippen LogP contribution in [0, 0.1) is 0 Å². The molecule has 2 fully saturated rings. The van der Waals surface area contributed by atoms with Crippen molar-refractivity contribution in [3.05, 3.63) is 35.9 Å². The van der Waals surface area contributed by atoms with E-state index in [0.717, 1.165) is 29.9 Å². The summed E-state index contributed by atoms with van der Waals surface area (Å²) >= 11 is 1.95. The number of carbonyl (C=O) groups excluding carboxylic acids is 2. The zero-order valence-corrected chi connectivity index (χ0v) is 12.8. The van der Waals surface area contributed by atoms with Crippen molar-refractivity contribution in [2.75, 3.05) is 18.1 Å². The maximum absolute atomic E-state index is 12.9. The van der Waals surface area contributed by atoms with Gasteiger partial charge in [0.25, 0.3) is 0 Å². The molecule has 21 heavy (non-hydrogen) atoms. The lowest BCUT2D eigenvalue weighted by Gasteiger charge is -2.34. The second kappa shape index (κ2) is 6.52. The van der Waals surface area contributed by atoms with Gasteiger partial charge in [0.2, 0.25) is 11.8 Å². The molecular formula is C16H20N2O2S. The molecule has 2 aliphatic heterocycles. The third-order valence-electron chi connectivity index (χ3n) is 4.18. The van der Waals surface area contributed by atoms with E-state index in [0.29, 0.717) is 13.0 Å². The first-order valence-electron chi connectivity index (χ1n) is 7.48. The lowest BCUT2D eigenvalue weighted by Crippen LogP contribution is -2.45. The molecule has 1 N–H and O–H groups in total. The number of nitrogens with one attached hydrogen (secondary N) is 1. The molecule has 0 aromatic heterocycles. The molecule has 0 saturated carbocycles. The van der Waals surface area contributed by atoms with Crippen molar-refractivity contribution in [3.8, 4) is 0 Å². The van der Waals surface area contributed by atoms with Crippen LogP contribution in [-0.4, -0.2) is 40.8 Å². The third kappa shape index (κ3) is 3.23. The molecule has 4 nitrogen and oxygen atoms in total. The van der Waals surface area contributed by atoms with Crippen molar-refractivity contribution in [2.24, 2.45) is 0 Å². The lowest BCUT2D eigenvalue weighted by atomic mass is 10.0. The summed E-state index contributed by atoms with van der Waals surface area (Å²) in [6.07, 6.45) is 2.47. The van der Waals surface area contributed by atoms with E-state index < -0.39 is 6.04 Å². The van der Waals surface area contributed by atoms with E-state index in [9.17, 15) is 9.59 Å². The highest BCUT2D eigenvalue weighted by Crippen LogP contribution is 2.26. The van der Waals surface area contributed by atoms with E-state index in [2.05, 4.69) is 5.32 Å². The SMILES string of the molecule is O=C1CCN(C2CCSCC2)C(=O)C(c2ccccc2)N1. The van der Waals surface area contributed by atoms with Crippen molar-refractivity contribution < 1.29 is 9.59 Å². The number of carbonyl (C=O) groups is 2. The van der Waals surface area contributed by atoms with Crippen LogP contribution in [-0.2, 0) is 9.59 Å². The number of benzene rings is 1. The van der Waals surface area contributed by atoms with Gasteiger partial charge in [0, 0.05) is 19.0 Å². The molecule has 1 aromatic rings. The molecule has 2 aliphatic rings. The second-order valence-electron chi connectivity index (χ2n) is 5.54. The van der Waals surface area contributed by atoms with Crippen molar-refractivity contribution in [1.82, 2.24) is 10.2 Å². The summed E-state index contributed by atoms with van der Waals surface area (Å²) in [5, 5.41) is 2.88. The number of nitrogens with zero attached hydrogens (tertiary/aromatic N) is 1. The fourth-order valence-electron chi connectivity index (χ4n) is 3.02. The molecule has 0 spiro atoms. The second-order valence-corrected chi connectivity index (χ2v) is 6.76. The quantitative estimate of drug-likeness (QED) is 0.909. The topological polar surface area (TPSA) is 49.4 Å². The summed E-state index contributed by atoms with van der Waals surface area (Å²) in [6, 6.07) is 9.30. The summed E-state index contributed by atoms with van der Waals surface area (Å²) in [6.45, 7) is 0.545. The summed E-state index contributed by atoms with van der Waals surface area (Å²) in [7, 11) is 0. The standard InChI is InChI=1S/C16H20N2O2S/c19-14-6-9-18(13-7-10-21-11-8-13)16(20)15(17-14)12-4-2-1-3-5-12/h1-5,13,15H,6-11H2,(H,17,19). The molecule has 2 amide bonds. The molecule has 2 saturated heterocycles. The van der Waals surface area contributed by atoms with Gasteiger partial charge < -0.3 is 10.2 Å². The van der Waals surface area contributed by atoms with E-state index in [-0.39, 0.29) is 17.9 Å². The van der Waals surface area contributed by atoms with Crippen LogP contribution in [0.25, 0.3) is 0 Å². The monoisotopic (exact) mass is 304 g/mol. The van der Waals surface area contributed by atoms with Gasteiger partial charge in [-0.3, -0.25) is 9.59 Å². The first-order valence-corrected chi connectivity index (χ1v) is 8.64. The lowest BCUT2D eigenvalue weighted by molar-refractivity contribution is -0.135. The Morgan fingerprint density at radius 1 is 1.10 bits per heavy atom. The fourth-order valence-corrected chi connectivity index (χ4v) is 4.11. The first-order chi connectivity index (χ1) is 10.3. The molecular weight excluding hydrogens is 284 g/mol. The predicted octanol–water partition coefficient (Wildman–Crippen LogP) is 1.97. The highest BCUT2D eigenvalue weighted by molar-refractivity contribution is 7.99. The molecule has 2 heterocycles. The molecule has 1 aromatic carbocycles. The van der Waals surface area contributed by atoms with Crippen molar-refractivity contribution in [1.29, 1.82) is 0 Å². The number of hydrogen-bond acceptors (Lipinski definition) is 3. The van der Waals surface area contributed by atoms with E-state index in [1.54, 1.807) is 0 Å². The first kappa shape index (κ1) is 14.4. The number of hydrogen-bond donors (Lipinski definition) is 1. The largest absolute Gasteiger partial charge is 0.340 e. The average molecular weight is 304 g/mol. The molecule has 0 aliphatic carbocycles. The van der Waals surface area contributed by atoms with Crippen LogP contribution in [0.4, 0.5) is 0 Å². The minimum absolute atomic E-state index is 0.0371. The Bertz CT molecular complexity index is 514. The number of amides is 2. The van der Waals surface area contributed by atoms with Crippen LogP contribution in [0.2, 0.25) is 0 Å². The van der Waals surface area contributed by atoms with Gasteiger partial charge in [-0.2, -0.15) is 11.8 Å². The zero-order valence-electron chi connectivity index (χ0n) is 12.0. The van der Waals surface area contributed by atoms with Gasteiger partial charge in [-0.15, -0.1) is 0 Å². The van der Waals surface area contributed by atoms with Crippen molar-refractivity contribution >= 4 is 23.6 Å². The Hall–Kier alpha value is -1.49. The Morgan fingerprint density at radius 2 is 1.81 bits per heavy atom. The predicted molar refractivity (Wildman–Crippen MR) is 84.0 cm³/mol. The number of rotatable bonds is 2. The van der Waals surface area contributed by atoms with Crippen LogP contribution in [0.1, 0.15) is 30.9 Å². The highest BCUT2D eigenvalue weighted by atomic mass is 32.2. The van der Waals surface area contributed by atoms with Gasteiger partial charge in [-0.05, 0) is 29.9 Å². The minimum Gasteiger partial charge on any atom is -0.340 e. The van der Waals surface area contributed by atoms with Crippen molar-refractivity contribution in [3.63, 3.8) is 0 Å². The maximum atomic E-state index is 12.9. The van der Waals surface area contributed by atoms with Gasteiger partial charge in [0.1, 0.15) is 6.04 Å². The normalized spacial score (nSPS) is 24.6. The Kier molecular flexibility index (Phi) is 4.48. The molecule has 5 heteroatoms. The number of thioether (sulfide) groups is 1. The van der Waals surface area contributed by atoms with Crippen LogP contribution < -0.4 is 5.32 Å². The molecule has 1 atom stereocenters.